The summed E-state index contributed by atoms with van der Waals surface area (Å²) in [4.78, 5) is 15.9. The smallest absolute Gasteiger partial charge is 0.304 e. The van der Waals surface area contributed by atoms with Crippen LogP contribution >= 0.6 is 0 Å². The number of carbonyl (C=O) groups is 1. The van der Waals surface area contributed by atoms with E-state index in [0.717, 1.165) is 6.07 Å². The first-order valence-corrected chi connectivity index (χ1v) is 9.75. The molecule has 10 heteroatoms. The summed E-state index contributed by atoms with van der Waals surface area (Å²) in [6.07, 6.45) is 2.91. The summed E-state index contributed by atoms with van der Waals surface area (Å²) in [7, 11) is -4.06. The van der Waals surface area contributed by atoms with Crippen LogP contribution in [0.5, 0.6) is 0 Å². The van der Waals surface area contributed by atoms with Crippen LogP contribution in [-0.2, 0) is 16.0 Å². The molecule has 0 atom stereocenters. The van der Waals surface area contributed by atoms with Crippen LogP contribution in [0.15, 0.2) is 78.0 Å². The molecular weight excluding hydrogens is 398 g/mol. The monoisotopic (exact) mass is 415 g/mol. The maximum absolute atomic E-state index is 12.6. The van der Waals surface area contributed by atoms with Crippen molar-refractivity contribution in [1.82, 2.24) is 4.98 Å². The second-order valence-electron chi connectivity index (χ2n) is 6.05. The van der Waals surface area contributed by atoms with Gasteiger partial charge in [-0.25, -0.2) is 8.42 Å². The molecule has 3 aromatic rings. The number of anilines is 2. The van der Waals surface area contributed by atoms with Gasteiger partial charge in [-0.05, 0) is 42.5 Å². The van der Waals surface area contributed by atoms with E-state index < -0.39 is 21.9 Å². The predicted molar refractivity (Wildman–Crippen MR) is 104 cm³/mol. The Morgan fingerprint density at radius 3 is 2.34 bits per heavy atom. The highest BCUT2D eigenvalue weighted by Crippen LogP contribution is 2.23. The van der Waals surface area contributed by atoms with Gasteiger partial charge in [0.15, 0.2) is 0 Å². The van der Waals surface area contributed by atoms with E-state index in [1.807, 2.05) is 0 Å². The van der Waals surface area contributed by atoms with Crippen molar-refractivity contribution in [2.75, 3.05) is 10.0 Å². The maximum atomic E-state index is 12.6. The van der Waals surface area contributed by atoms with E-state index in [-0.39, 0.29) is 21.8 Å². The van der Waals surface area contributed by atoms with Gasteiger partial charge in [-0.1, -0.05) is 18.2 Å². The molecule has 0 unspecified atom stereocenters. The van der Waals surface area contributed by atoms with Crippen LogP contribution in [0, 0.1) is 0 Å². The zero-order chi connectivity index (χ0) is 21.1. The molecule has 1 heterocycles. The van der Waals surface area contributed by atoms with Crippen molar-refractivity contribution in [2.24, 2.45) is 0 Å². The van der Waals surface area contributed by atoms with E-state index in [2.05, 4.69) is 15.0 Å². The minimum Gasteiger partial charge on any atom is -0.340 e. The lowest BCUT2D eigenvalue weighted by Crippen LogP contribution is -2.24. The standard InChI is InChI=1S/C19H17N3O6S/c23-18(13-4-3-9-20-12-13)21-15-6-2-8-17(11-15)29(27,28)22-16-7-1-5-14(10-16)19(24,25)26/h1-12,22,24-26H,(H,21,23). The van der Waals surface area contributed by atoms with Gasteiger partial charge in [0, 0.05) is 29.3 Å². The molecule has 5 N–H and O–H groups in total. The molecule has 150 valence electrons. The molecule has 2 aromatic carbocycles. The van der Waals surface area contributed by atoms with E-state index >= 15 is 0 Å². The molecule has 0 bridgehead atoms. The average molecular weight is 415 g/mol. The first kappa shape index (κ1) is 20.4. The zero-order valence-corrected chi connectivity index (χ0v) is 15.7. The van der Waals surface area contributed by atoms with Crippen molar-refractivity contribution in [3.05, 3.63) is 84.2 Å². The highest BCUT2D eigenvalue weighted by Gasteiger charge is 2.23. The minimum atomic E-state index is -4.06. The molecule has 0 aliphatic rings. The topological polar surface area (TPSA) is 149 Å². The van der Waals surface area contributed by atoms with Crippen molar-refractivity contribution >= 4 is 27.3 Å². The lowest BCUT2D eigenvalue weighted by atomic mass is 10.2. The van der Waals surface area contributed by atoms with Crippen molar-refractivity contribution in [2.45, 2.75) is 10.9 Å². The van der Waals surface area contributed by atoms with Crippen LogP contribution in [0.25, 0.3) is 0 Å². The molecule has 9 nitrogen and oxygen atoms in total. The Kier molecular flexibility index (Phi) is 5.62. The molecule has 1 aromatic heterocycles. The van der Waals surface area contributed by atoms with Gasteiger partial charge in [-0.3, -0.25) is 14.5 Å². The molecule has 0 fully saturated rings. The fourth-order valence-corrected chi connectivity index (χ4v) is 3.54. The van der Waals surface area contributed by atoms with Gasteiger partial charge >= 0.3 is 5.97 Å². The van der Waals surface area contributed by atoms with Gasteiger partial charge in [0.05, 0.1) is 10.5 Å². The van der Waals surface area contributed by atoms with Crippen molar-refractivity contribution in [1.29, 1.82) is 0 Å². The van der Waals surface area contributed by atoms with Gasteiger partial charge < -0.3 is 20.6 Å². The Balaban J connectivity index is 1.81. The number of aliphatic hydroxyl groups is 3. The first-order chi connectivity index (χ1) is 13.6. The Hall–Kier alpha value is -3.31. The van der Waals surface area contributed by atoms with Gasteiger partial charge in [0.25, 0.3) is 15.9 Å². The Labute approximate surface area is 166 Å². The van der Waals surface area contributed by atoms with Crippen LogP contribution in [-0.4, -0.2) is 34.6 Å². The minimum absolute atomic E-state index is 0.00817. The first-order valence-electron chi connectivity index (χ1n) is 8.27. The average Bonchev–Trinajstić information content (AvgIpc) is 2.68. The van der Waals surface area contributed by atoms with Gasteiger partial charge in [0.2, 0.25) is 0 Å². The molecule has 0 saturated carbocycles. The third-order valence-corrected chi connectivity index (χ3v) is 5.21. The Morgan fingerprint density at radius 2 is 1.66 bits per heavy atom. The van der Waals surface area contributed by atoms with E-state index in [1.165, 1.54) is 54.9 Å². The number of hydrogen-bond acceptors (Lipinski definition) is 7. The summed E-state index contributed by atoms with van der Waals surface area (Å²) in [5.41, 5.74) is 0.274. The van der Waals surface area contributed by atoms with E-state index in [1.54, 1.807) is 12.1 Å². The molecule has 0 saturated heterocycles. The number of benzene rings is 2. The summed E-state index contributed by atoms with van der Waals surface area (Å²) < 4.78 is 27.6. The fourth-order valence-electron chi connectivity index (χ4n) is 2.45. The van der Waals surface area contributed by atoms with Crippen molar-refractivity contribution in [3.63, 3.8) is 0 Å². The summed E-state index contributed by atoms with van der Waals surface area (Å²) in [5, 5.41) is 30.3. The predicted octanol–water partition coefficient (Wildman–Crippen LogP) is 1.22. The highest BCUT2D eigenvalue weighted by molar-refractivity contribution is 7.92. The van der Waals surface area contributed by atoms with Crippen LogP contribution in [0.1, 0.15) is 15.9 Å². The summed E-state index contributed by atoms with van der Waals surface area (Å²) in [6, 6.07) is 13.8. The summed E-state index contributed by atoms with van der Waals surface area (Å²) in [5.74, 6) is -3.55. The number of aromatic nitrogens is 1. The lowest BCUT2D eigenvalue weighted by molar-refractivity contribution is -0.323. The molecule has 1 amide bonds. The number of hydrogen-bond donors (Lipinski definition) is 5. The second kappa shape index (κ2) is 7.97. The second-order valence-corrected chi connectivity index (χ2v) is 7.73. The number of sulfonamides is 1. The Bertz CT molecular complexity index is 1130. The van der Waals surface area contributed by atoms with Crippen LogP contribution in [0.3, 0.4) is 0 Å². The number of rotatable bonds is 6. The number of nitrogens with zero attached hydrogens (tertiary/aromatic N) is 1. The quantitative estimate of drug-likeness (QED) is 0.380. The molecule has 0 spiro atoms. The van der Waals surface area contributed by atoms with Crippen LogP contribution in [0.4, 0.5) is 11.4 Å². The number of nitrogens with one attached hydrogen (secondary N) is 2. The Morgan fingerprint density at radius 1 is 0.931 bits per heavy atom. The molecule has 0 radical (unpaired) electrons. The van der Waals surface area contributed by atoms with Crippen LogP contribution in [0.2, 0.25) is 0 Å². The lowest BCUT2D eigenvalue weighted by Gasteiger charge is -2.16. The molecular formula is C19H17N3O6S. The zero-order valence-electron chi connectivity index (χ0n) is 14.9. The maximum Gasteiger partial charge on any atom is 0.304 e. The molecule has 3 rings (SSSR count). The van der Waals surface area contributed by atoms with Crippen molar-refractivity contribution in [3.8, 4) is 0 Å². The number of carbonyl (C=O) groups excluding carboxylic acids is 1. The van der Waals surface area contributed by atoms with Gasteiger partial charge in [0.1, 0.15) is 0 Å². The van der Waals surface area contributed by atoms with Gasteiger partial charge in [-0.15, -0.1) is 0 Å². The largest absolute Gasteiger partial charge is 0.340 e. The fraction of sp³-hybridized carbons (Fsp3) is 0.0526. The van der Waals surface area contributed by atoms with E-state index in [4.69, 9.17) is 0 Å². The third-order valence-electron chi connectivity index (χ3n) is 3.83. The molecule has 0 aliphatic carbocycles. The summed E-state index contributed by atoms with van der Waals surface area (Å²) >= 11 is 0. The number of amides is 1. The SMILES string of the molecule is O=C(Nc1cccc(S(=O)(=O)Nc2cccc(C(O)(O)O)c2)c1)c1cccnc1. The molecule has 0 aliphatic heterocycles. The number of pyridine rings is 1. The third kappa shape index (κ3) is 5.15. The summed E-state index contributed by atoms with van der Waals surface area (Å²) in [6.45, 7) is 0. The van der Waals surface area contributed by atoms with E-state index in [9.17, 15) is 28.5 Å². The van der Waals surface area contributed by atoms with E-state index in [0.29, 0.717) is 5.56 Å². The van der Waals surface area contributed by atoms with Gasteiger partial charge in [-0.2, -0.15) is 0 Å². The van der Waals surface area contributed by atoms with Crippen molar-refractivity contribution < 1.29 is 28.5 Å². The van der Waals surface area contributed by atoms with Crippen LogP contribution < -0.4 is 10.0 Å². The highest BCUT2D eigenvalue weighted by atomic mass is 32.2. The molecule has 29 heavy (non-hydrogen) atoms. The normalized spacial score (nSPS) is 11.7.